The van der Waals surface area contributed by atoms with Crippen LogP contribution in [-0.2, 0) is 15.4 Å². The van der Waals surface area contributed by atoms with Crippen molar-refractivity contribution in [3.63, 3.8) is 0 Å². The van der Waals surface area contributed by atoms with Crippen molar-refractivity contribution in [2.24, 2.45) is 0 Å². The fraction of sp³-hybridized carbons (Fsp3) is 0.538. The van der Waals surface area contributed by atoms with Crippen molar-refractivity contribution in [1.29, 1.82) is 0 Å². The molecule has 1 N–H and O–H groups in total. The molecule has 0 radical (unpaired) electrons. The van der Waals surface area contributed by atoms with E-state index in [0.717, 1.165) is 5.56 Å². The highest BCUT2D eigenvalue weighted by Crippen LogP contribution is 2.27. The first-order valence-corrected chi connectivity index (χ1v) is 8.15. The molecule has 0 aromatic heterocycles. The van der Waals surface area contributed by atoms with Gasteiger partial charge in [-0.25, -0.2) is 8.42 Å². The molecule has 0 amide bonds. The monoisotopic (exact) mass is 290 g/mol. The smallest absolute Gasteiger partial charge is 0.150 e. The summed E-state index contributed by atoms with van der Waals surface area (Å²) in [6.45, 7) is 3.32. The molecule has 1 aromatic carbocycles. The van der Waals surface area contributed by atoms with Gasteiger partial charge in [-0.1, -0.05) is 30.7 Å². The molecular weight excluding hydrogens is 272 g/mol. The van der Waals surface area contributed by atoms with Crippen LogP contribution in [0.4, 0.5) is 0 Å². The van der Waals surface area contributed by atoms with Crippen LogP contribution in [0.2, 0.25) is 5.02 Å². The zero-order valence-corrected chi connectivity index (χ0v) is 12.3. The largest absolute Gasteiger partial charge is 0.385 e. The quantitative estimate of drug-likeness (QED) is 0.876. The van der Waals surface area contributed by atoms with E-state index in [2.05, 4.69) is 0 Å². The van der Waals surface area contributed by atoms with Gasteiger partial charge >= 0.3 is 0 Å². The zero-order valence-electron chi connectivity index (χ0n) is 10.7. The van der Waals surface area contributed by atoms with E-state index in [1.54, 1.807) is 38.1 Å². The lowest BCUT2D eigenvalue weighted by Crippen LogP contribution is -2.22. The fourth-order valence-electron chi connectivity index (χ4n) is 1.73. The molecule has 0 aliphatic rings. The third-order valence-corrected chi connectivity index (χ3v) is 5.07. The van der Waals surface area contributed by atoms with E-state index in [4.69, 9.17) is 11.6 Å². The first kappa shape index (κ1) is 15.5. The Bertz CT molecular complexity index is 477. The number of hydrogen-bond donors (Lipinski definition) is 1. The van der Waals surface area contributed by atoms with Gasteiger partial charge < -0.3 is 5.11 Å². The maximum absolute atomic E-state index is 11.4. The van der Waals surface area contributed by atoms with Gasteiger partial charge in [0.25, 0.3) is 0 Å². The molecule has 0 heterocycles. The molecule has 1 unspecified atom stereocenters. The molecule has 1 aromatic rings. The molecule has 5 heteroatoms. The predicted octanol–water partition coefficient (Wildman–Crippen LogP) is 2.76. The van der Waals surface area contributed by atoms with E-state index in [1.807, 2.05) is 0 Å². The van der Waals surface area contributed by atoms with Gasteiger partial charge in [-0.15, -0.1) is 0 Å². The van der Waals surface area contributed by atoms with E-state index >= 15 is 0 Å². The Kier molecular flexibility index (Phi) is 5.20. The summed E-state index contributed by atoms with van der Waals surface area (Å²) in [4.78, 5) is 0. The number of halogens is 1. The molecule has 0 saturated carbocycles. The van der Waals surface area contributed by atoms with Gasteiger partial charge in [0.15, 0.2) is 0 Å². The third kappa shape index (κ3) is 4.59. The van der Waals surface area contributed by atoms with E-state index < -0.39 is 15.4 Å². The van der Waals surface area contributed by atoms with Crippen molar-refractivity contribution >= 4 is 21.4 Å². The molecule has 0 fully saturated rings. The molecule has 0 bridgehead atoms. The van der Waals surface area contributed by atoms with Gasteiger partial charge in [0.2, 0.25) is 0 Å². The second-order valence-electron chi connectivity index (χ2n) is 4.62. The maximum Gasteiger partial charge on any atom is 0.150 e. The van der Waals surface area contributed by atoms with E-state index in [9.17, 15) is 13.5 Å². The van der Waals surface area contributed by atoms with Crippen molar-refractivity contribution in [3.05, 3.63) is 34.9 Å². The molecule has 0 saturated heterocycles. The highest BCUT2D eigenvalue weighted by Gasteiger charge is 2.23. The Hall–Kier alpha value is -0.580. The predicted molar refractivity (Wildman–Crippen MR) is 74.6 cm³/mol. The lowest BCUT2D eigenvalue weighted by atomic mass is 9.91. The first-order chi connectivity index (χ1) is 8.27. The Morgan fingerprint density at radius 1 is 1.28 bits per heavy atom. The summed E-state index contributed by atoms with van der Waals surface area (Å²) in [6, 6.07) is 6.95. The minimum Gasteiger partial charge on any atom is -0.385 e. The van der Waals surface area contributed by atoms with Gasteiger partial charge in [0, 0.05) is 10.8 Å². The molecular formula is C13H19ClO3S. The van der Waals surface area contributed by atoms with Crippen molar-refractivity contribution in [2.75, 3.05) is 11.5 Å². The van der Waals surface area contributed by atoms with Gasteiger partial charge in [0.1, 0.15) is 9.84 Å². The Morgan fingerprint density at radius 2 is 1.83 bits per heavy atom. The number of hydrogen-bond acceptors (Lipinski definition) is 3. The SMILES string of the molecule is CCS(=O)(=O)CCCC(C)(O)c1ccc(Cl)cc1. The Balaban J connectivity index is 2.62. The van der Waals surface area contributed by atoms with E-state index in [1.165, 1.54) is 0 Å². The number of sulfone groups is 1. The summed E-state index contributed by atoms with van der Waals surface area (Å²) in [5, 5.41) is 10.9. The van der Waals surface area contributed by atoms with Crippen molar-refractivity contribution in [2.45, 2.75) is 32.3 Å². The van der Waals surface area contributed by atoms with Gasteiger partial charge in [-0.05, 0) is 37.5 Å². The Labute approximate surface area is 114 Å². The van der Waals surface area contributed by atoms with Crippen LogP contribution in [0.3, 0.4) is 0 Å². The highest BCUT2D eigenvalue weighted by molar-refractivity contribution is 7.91. The van der Waals surface area contributed by atoms with Crippen LogP contribution in [-0.4, -0.2) is 25.0 Å². The number of benzene rings is 1. The lowest BCUT2D eigenvalue weighted by molar-refractivity contribution is 0.0472. The summed E-state index contributed by atoms with van der Waals surface area (Å²) in [6.07, 6.45) is 0.861. The van der Waals surface area contributed by atoms with Gasteiger partial charge in [-0.3, -0.25) is 0 Å². The standard InChI is InChI=1S/C13H19ClO3S/c1-3-18(16,17)10-4-9-13(2,15)11-5-7-12(14)8-6-11/h5-8,15H,3-4,9-10H2,1-2H3. The Morgan fingerprint density at radius 3 is 2.33 bits per heavy atom. The average molecular weight is 291 g/mol. The molecule has 3 nitrogen and oxygen atoms in total. The topological polar surface area (TPSA) is 54.4 Å². The molecule has 0 spiro atoms. The third-order valence-electron chi connectivity index (χ3n) is 3.02. The molecule has 102 valence electrons. The molecule has 1 atom stereocenters. The highest BCUT2D eigenvalue weighted by atomic mass is 35.5. The van der Waals surface area contributed by atoms with Crippen molar-refractivity contribution in [1.82, 2.24) is 0 Å². The molecule has 1 rings (SSSR count). The maximum atomic E-state index is 11.4. The summed E-state index contributed by atoms with van der Waals surface area (Å²) in [5.41, 5.74) is -0.269. The number of aliphatic hydroxyl groups is 1. The summed E-state index contributed by atoms with van der Waals surface area (Å²) in [5.74, 6) is 0.267. The van der Waals surface area contributed by atoms with Gasteiger partial charge in [-0.2, -0.15) is 0 Å². The van der Waals surface area contributed by atoms with Gasteiger partial charge in [0.05, 0.1) is 11.4 Å². The summed E-state index contributed by atoms with van der Waals surface area (Å²) < 4.78 is 22.7. The zero-order chi connectivity index (χ0) is 13.8. The van der Waals surface area contributed by atoms with Crippen molar-refractivity contribution < 1.29 is 13.5 Å². The molecule has 0 aliphatic heterocycles. The second kappa shape index (κ2) is 6.04. The average Bonchev–Trinajstić information content (AvgIpc) is 2.29. The minimum absolute atomic E-state index is 0.118. The van der Waals surface area contributed by atoms with Crippen LogP contribution in [0, 0.1) is 0 Å². The van der Waals surface area contributed by atoms with Crippen LogP contribution in [0.15, 0.2) is 24.3 Å². The first-order valence-electron chi connectivity index (χ1n) is 5.96. The fourth-order valence-corrected chi connectivity index (χ4v) is 2.73. The van der Waals surface area contributed by atoms with E-state index in [0.29, 0.717) is 17.9 Å². The van der Waals surface area contributed by atoms with Crippen molar-refractivity contribution in [3.8, 4) is 0 Å². The minimum atomic E-state index is -2.96. The van der Waals surface area contributed by atoms with Crippen LogP contribution < -0.4 is 0 Å². The van der Waals surface area contributed by atoms with Crippen LogP contribution >= 0.6 is 11.6 Å². The van der Waals surface area contributed by atoms with E-state index in [-0.39, 0.29) is 11.5 Å². The normalized spacial score (nSPS) is 15.3. The number of rotatable bonds is 6. The van der Waals surface area contributed by atoms with Crippen LogP contribution in [0.5, 0.6) is 0 Å². The summed E-state index contributed by atoms with van der Waals surface area (Å²) in [7, 11) is -2.96. The van der Waals surface area contributed by atoms with Crippen LogP contribution in [0.25, 0.3) is 0 Å². The summed E-state index contributed by atoms with van der Waals surface area (Å²) >= 11 is 5.78. The van der Waals surface area contributed by atoms with Crippen LogP contribution in [0.1, 0.15) is 32.3 Å². The second-order valence-corrected chi connectivity index (χ2v) is 7.53. The molecule has 0 aliphatic carbocycles. The lowest BCUT2D eigenvalue weighted by Gasteiger charge is -2.23. The molecule has 18 heavy (non-hydrogen) atoms.